The fourth-order valence-corrected chi connectivity index (χ4v) is 3.31. The number of benzene rings is 1. The first-order valence-electron chi connectivity index (χ1n) is 9.32. The Bertz CT molecular complexity index is 566. The monoisotopic (exact) mass is 346 g/mol. The summed E-state index contributed by atoms with van der Waals surface area (Å²) in [5.41, 5.74) is 1.15. The van der Waals surface area contributed by atoms with E-state index in [0.29, 0.717) is 6.54 Å². The highest BCUT2D eigenvalue weighted by Crippen LogP contribution is 2.29. The van der Waals surface area contributed by atoms with Gasteiger partial charge >= 0.3 is 0 Å². The fraction of sp³-hybridized carbons (Fsp3) is 0.600. The Morgan fingerprint density at radius 2 is 1.64 bits per heavy atom. The van der Waals surface area contributed by atoms with E-state index in [-0.39, 0.29) is 23.7 Å². The Hall–Kier alpha value is -2.04. The molecule has 0 atom stereocenters. The molecule has 1 fully saturated rings. The normalized spacial score (nSPS) is 19.9. The number of ether oxygens (including phenoxy) is 1. The van der Waals surface area contributed by atoms with E-state index in [2.05, 4.69) is 10.6 Å². The number of carbonyl (C=O) groups is 2. The first kappa shape index (κ1) is 19.3. The maximum atomic E-state index is 12.3. The Labute approximate surface area is 150 Å². The molecule has 1 aliphatic rings. The molecule has 1 aliphatic carbocycles. The third-order valence-corrected chi connectivity index (χ3v) is 4.87. The number of amides is 2. The Morgan fingerprint density at radius 1 is 1.04 bits per heavy atom. The lowest BCUT2D eigenvalue weighted by Gasteiger charge is -2.27. The number of carbonyl (C=O) groups excluding carboxylic acids is 2. The highest BCUT2D eigenvalue weighted by atomic mass is 16.5. The van der Waals surface area contributed by atoms with Crippen LogP contribution in [0, 0.1) is 11.8 Å². The summed E-state index contributed by atoms with van der Waals surface area (Å²) in [4.78, 5) is 24.3. The molecule has 0 saturated heterocycles. The Kier molecular flexibility index (Phi) is 7.76. The molecule has 0 bridgehead atoms. The van der Waals surface area contributed by atoms with Crippen LogP contribution in [0.15, 0.2) is 24.3 Å². The molecule has 138 valence electrons. The molecule has 2 rings (SSSR count). The van der Waals surface area contributed by atoms with Crippen molar-refractivity contribution in [1.29, 1.82) is 0 Å². The van der Waals surface area contributed by atoms with Gasteiger partial charge in [-0.2, -0.15) is 0 Å². The minimum absolute atomic E-state index is 0.0422. The molecule has 0 aromatic heterocycles. The Balaban J connectivity index is 1.69. The largest absolute Gasteiger partial charge is 0.497 e. The average Bonchev–Trinajstić information content (AvgIpc) is 2.66. The lowest BCUT2D eigenvalue weighted by atomic mass is 9.81. The minimum atomic E-state index is 0.0422. The Morgan fingerprint density at radius 3 is 2.20 bits per heavy atom. The van der Waals surface area contributed by atoms with Crippen LogP contribution in [0.25, 0.3) is 0 Å². The third-order valence-electron chi connectivity index (χ3n) is 4.87. The van der Waals surface area contributed by atoms with Crippen molar-refractivity contribution in [3.8, 4) is 5.75 Å². The summed E-state index contributed by atoms with van der Waals surface area (Å²) in [6.07, 6.45) is 4.96. The van der Waals surface area contributed by atoms with Gasteiger partial charge in [-0.15, -0.1) is 0 Å². The third kappa shape index (κ3) is 6.07. The van der Waals surface area contributed by atoms with Gasteiger partial charge in [-0.1, -0.05) is 19.1 Å². The highest BCUT2D eigenvalue weighted by molar-refractivity contribution is 5.81. The van der Waals surface area contributed by atoms with E-state index in [0.717, 1.165) is 56.4 Å². The minimum Gasteiger partial charge on any atom is -0.497 e. The van der Waals surface area contributed by atoms with E-state index in [1.807, 2.05) is 31.2 Å². The second-order valence-electron chi connectivity index (χ2n) is 6.73. The van der Waals surface area contributed by atoms with E-state index in [1.165, 1.54) is 0 Å². The first-order valence-corrected chi connectivity index (χ1v) is 9.32. The van der Waals surface area contributed by atoms with Crippen LogP contribution < -0.4 is 15.4 Å². The van der Waals surface area contributed by atoms with E-state index in [9.17, 15) is 9.59 Å². The summed E-state index contributed by atoms with van der Waals surface area (Å²) >= 11 is 0. The van der Waals surface area contributed by atoms with Gasteiger partial charge in [0.1, 0.15) is 5.75 Å². The number of hydrogen-bond acceptors (Lipinski definition) is 3. The summed E-state index contributed by atoms with van der Waals surface area (Å²) in [5, 5.41) is 5.99. The maximum absolute atomic E-state index is 12.3. The predicted molar refractivity (Wildman–Crippen MR) is 98.5 cm³/mol. The van der Waals surface area contributed by atoms with Crippen molar-refractivity contribution in [2.45, 2.75) is 45.4 Å². The van der Waals surface area contributed by atoms with Gasteiger partial charge in [0.05, 0.1) is 7.11 Å². The maximum Gasteiger partial charge on any atom is 0.223 e. The van der Waals surface area contributed by atoms with Crippen LogP contribution >= 0.6 is 0 Å². The quantitative estimate of drug-likeness (QED) is 0.760. The molecule has 5 heteroatoms. The summed E-state index contributed by atoms with van der Waals surface area (Å²) in [6.45, 7) is 3.42. The summed E-state index contributed by atoms with van der Waals surface area (Å²) in [7, 11) is 1.65. The lowest BCUT2D eigenvalue weighted by Crippen LogP contribution is -2.38. The molecular formula is C20H30N2O3. The highest BCUT2D eigenvalue weighted by Gasteiger charge is 2.29. The smallest absolute Gasteiger partial charge is 0.223 e. The molecule has 5 nitrogen and oxygen atoms in total. The fourth-order valence-electron chi connectivity index (χ4n) is 3.31. The van der Waals surface area contributed by atoms with E-state index >= 15 is 0 Å². The topological polar surface area (TPSA) is 67.4 Å². The zero-order chi connectivity index (χ0) is 18.1. The summed E-state index contributed by atoms with van der Waals surface area (Å²) in [5.74, 6) is 1.23. The SMILES string of the molecule is CCCNC(=O)C1CCC(C(=O)NCCc2cccc(OC)c2)CC1. The van der Waals surface area contributed by atoms with Crippen LogP contribution in [0.1, 0.15) is 44.6 Å². The molecule has 2 N–H and O–H groups in total. The summed E-state index contributed by atoms with van der Waals surface area (Å²) < 4.78 is 5.21. The second-order valence-corrected chi connectivity index (χ2v) is 6.73. The second kappa shape index (κ2) is 10.1. The molecule has 1 aromatic carbocycles. The van der Waals surface area contributed by atoms with Gasteiger partial charge < -0.3 is 15.4 Å². The van der Waals surface area contributed by atoms with Crippen LogP contribution in [-0.4, -0.2) is 32.0 Å². The molecular weight excluding hydrogens is 316 g/mol. The molecule has 0 aliphatic heterocycles. The molecule has 2 amide bonds. The molecule has 25 heavy (non-hydrogen) atoms. The molecule has 0 unspecified atom stereocenters. The van der Waals surface area contributed by atoms with Gasteiger partial charge in [0, 0.05) is 24.9 Å². The van der Waals surface area contributed by atoms with Crippen molar-refractivity contribution in [2.75, 3.05) is 20.2 Å². The number of nitrogens with one attached hydrogen (secondary N) is 2. The molecule has 1 aromatic rings. The van der Waals surface area contributed by atoms with Crippen molar-refractivity contribution in [3.05, 3.63) is 29.8 Å². The standard InChI is InChI=1S/C20H30N2O3/c1-3-12-21-19(23)16-7-9-17(10-8-16)20(24)22-13-11-15-5-4-6-18(14-15)25-2/h4-6,14,16-17H,3,7-13H2,1-2H3,(H,21,23)(H,22,24). The van der Waals surface area contributed by atoms with E-state index < -0.39 is 0 Å². The van der Waals surface area contributed by atoms with E-state index in [4.69, 9.17) is 4.74 Å². The van der Waals surface area contributed by atoms with Crippen LogP contribution in [0.5, 0.6) is 5.75 Å². The van der Waals surface area contributed by atoms with Crippen molar-refractivity contribution in [2.24, 2.45) is 11.8 Å². The van der Waals surface area contributed by atoms with Crippen LogP contribution in [-0.2, 0) is 16.0 Å². The predicted octanol–water partition coefficient (Wildman–Crippen LogP) is 2.69. The molecule has 0 heterocycles. The number of hydrogen-bond donors (Lipinski definition) is 2. The van der Waals surface area contributed by atoms with Gasteiger partial charge in [-0.25, -0.2) is 0 Å². The van der Waals surface area contributed by atoms with Crippen molar-refractivity contribution < 1.29 is 14.3 Å². The zero-order valence-electron chi connectivity index (χ0n) is 15.3. The number of methoxy groups -OCH3 is 1. The molecule has 1 saturated carbocycles. The molecule has 0 spiro atoms. The number of rotatable bonds is 8. The van der Waals surface area contributed by atoms with Gasteiger partial charge in [0.25, 0.3) is 0 Å². The van der Waals surface area contributed by atoms with Crippen LogP contribution in [0.3, 0.4) is 0 Å². The van der Waals surface area contributed by atoms with Gasteiger partial charge in [-0.3, -0.25) is 9.59 Å². The van der Waals surface area contributed by atoms with Gasteiger partial charge in [0.2, 0.25) is 11.8 Å². The van der Waals surface area contributed by atoms with E-state index in [1.54, 1.807) is 7.11 Å². The molecule has 0 radical (unpaired) electrons. The van der Waals surface area contributed by atoms with Crippen LogP contribution in [0.2, 0.25) is 0 Å². The summed E-state index contributed by atoms with van der Waals surface area (Å²) in [6, 6.07) is 7.90. The van der Waals surface area contributed by atoms with Crippen molar-refractivity contribution in [3.63, 3.8) is 0 Å². The van der Waals surface area contributed by atoms with Gasteiger partial charge in [-0.05, 0) is 56.2 Å². The average molecular weight is 346 g/mol. The van der Waals surface area contributed by atoms with Crippen molar-refractivity contribution >= 4 is 11.8 Å². The first-order chi connectivity index (χ1) is 12.1. The zero-order valence-corrected chi connectivity index (χ0v) is 15.3. The van der Waals surface area contributed by atoms with Crippen LogP contribution in [0.4, 0.5) is 0 Å². The van der Waals surface area contributed by atoms with Gasteiger partial charge in [0.15, 0.2) is 0 Å². The lowest BCUT2D eigenvalue weighted by molar-refractivity contribution is -0.130. The van der Waals surface area contributed by atoms with Crippen molar-refractivity contribution in [1.82, 2.24) is 10.6 Å².